The number of ether oxygens (including phenoxy) is 2. The Kier molecular flexibility index (Phi) is 11.5. The molecular formula is C23H39NO2. The Balaban J connectivity index is 1.45. The van der Waals surface area contributed by atoms with E-state index in [9.17, 15) is 0 Å². The van der Waals surface area contributed by atoms with Crippen LogP contribution in [-0.4, -0.2) is 37.8 Å². The van der Waals surface area contributed by atoms with Crippen LogP contribution in [-0.2, 0) is 11.3 Å². The van der Waals surface area contributed by atoms with Crippen molar-refractivity contribution in [2.24, 2.45) is 0 Å². The number of benzene rings is 1. The monoisotopic (exact) mass is 361 g/mol. The molecule has 26 heavy (non-hydrogen) atoms. The zero-order chi connectivity index (χ0) is 18.3. The zero-order valence-corrected chi connectivity index (χ0v) is 16.9. The topological polar surface area (TPSA) is 21.7 Å². The van der Waals surface area contributed by atoms with Crippen molar-refractivity contribution in [3.8, 4) is 5.75 Å². The smallest absolute Gasteiger partial charge is 0.119 e. The molecule has 3 heteroatoms. The minimum atomic E-state index is 0.847. The summed E-state index contributed by atoms with van der Waals surface area (Å²) in [7, 11) is 0. The Bertz CT molecular complexity index is 440. The van der Waals surface area contributed by atoms with Gasteiger partial charge in [0.1, 0.15) is 5.75 Å². The summed E-state index contributed by atoms with van der Waals surface area (Å²) in [5.74, 6) is 1.01. The van der Waals surface area contributed by atoms with Crippen molar-refractivity contribution in [1.82, 2.24) is 4.90 Å². The molecule has 3 nitrogen and oxygen atoms in total. The van der Waals surface area contributed by atoms with E-state index < -0.39 is 0 Å². The van der Waals surface area contributed by atoms with Crippen LogP contribution < -0.4 is 4.74 Å². The van der Waals surface area contributed by atoms with Gasteiger partial charge in [0.25, 0.3) is 0 Å². The largest absolute Gasteiger partial charge is 0.494 e. The fourth-order valence-corrected chi connectivity index (χ4v) is 3.49. The number of hydrogen-bond acceptors (Lipinski definition) is 3. The first-order valence-electron chi connectivity index (χ1n) is 10.9. The lowest BCUT2D eigenvalue weighted by molar-refractivity contribution is 0.0342. The van der Waals surface area contributed by atoms with Crippen LogP contribution in [0, 0.1) is 0 Å². The molecule has 0 bridgehead atoms. The zero-order valence-electron chi connectivity index (χ0n) is 16.9. The Labute approximate surface area is 161 Å². The molecule has 1 heterocycles. The minimum Gasteiger partial charge on any atom is -0.494 e. The molecule has 0 unspecified atom stereocenters. The van der Waals surface area contributed by atoms with Crippen LogP contribution in [0.2, 0.25) is 0 Å². The van der Waals surface area contributed by atoms with Crippen LogP contribution >= 0.6 is 0 Å². The second-order valence-electron chi connectivity index (χ2n) is 7.56. The van der Waals surface area contributed by atoms with E-state index in [1.54, 1.807) is 0 Å². The van der Waals surface area contributed by atoms with E-state index >= 15 is 0 Å². The molecule has 0 saturated carbocycles. The number of morpholine rings is 1. The summed E-state index contributed by atoms with van der Waals surface area (Å²) in [5.41, 5.74) is 1.36. The maximum Gasteiger partial charge on any atom is 0.119 e. The van der Waals surface area contributed by atoms with Gasteiger partial charge in [-0.05, 0) is 24.1 Å². The lowest BCUT2D eigenvalue weighted by Gasteiger charge is -2.26. The molecule has 0 amide bonds. The van der Waals surface area contributed by atoms with Gasteiger partial charge in [-0.3, -0.25) is 4.90 Å². The third kappa shape index (κ3) is 9.59. The third-order valence-corrected chi connectivity index (χ3v) is 5.20. The van der Waals surface area contributed by atoms with Crippen molar-refractivity contribution in [2.45, 2.75) is 77.7 Å². The SMILES string of the molecule is CCCCCCCCCCCCOc1ccc(CN2CCOCC2)cc1. The molecule has 0 atom stereocenters. The van der Waals surface area contributed by atoms with E-state index in [4.69, 9.17) is 9.47 Å². The average molecular weight is 362 g/mol. The van der Waals surface area contributed by atoms with Gasteiger partial charge in [-0.15, -0.1) is 0 Å². The maximum atomic E-state index is 5.89. The van der Waals surface area contributed by atoms with E-state index in [1.165, 1.54) is 69.8 Å². The highest BCUT2D eigenvalue weighted by Gasteiger charge is 2.10. The van der Waals surface area contributed by atoms with Crippen LogP contribution in [0.4, 0.5) is 0 Å². The predicted octanol–water partition coefficient (Wildman–Crippen LogP) is 5.82. The fourth-order valence-electron chi connectivity index (χ4n) is 3.49. The van der Waals surface area contributed by atoms with Crippen molar-refractivity contribution in [2.75, 3.05) is 32.9 Å². The Morgan fingerprint density at radius 3 is 2.00 bits per heavy atom. The predicted molar refractivity (Wildman–Crippen MR) is 110 cm³/mol. The molecule has 148 valence electrons. The highest BCUT2D eigenvalue weighted by atomic mass is 16.5. The standard InChI is InChI=1S/C23H39NO2/c1-2-3-4-5-6-7-8-9-10-11-18-26-23-14-12-22(13-15-23)21-24-16-19-25-20-17-24/h12-15H,2-11,16-21H2,1H3. The van der Waals surface area contributed by atoms with Crippen LogP contribution in [0.1, 0.15) is 76.7 Å². The minimum absolute atomic E-state index is 0.847. The van der Waals surface area contributed by atoms with E-state index in [-0.39, 0.29) is 0 Å². The van der Waals surface area contributed by atoms with E-state index in [0.717, 1.165) is 45.2 Å². The van der Waals surface area contributed by atoms with Crippen molar-refractivity contribution in [1.29, 1.82) is 0 Å². The summed E-state index contributed by atoms with van der Waals surface area (Å²) < 4.78 is 11.3. The summed E-state index contributed by atoms with van der Waals surface area (Å²) in [6, 6.07) is 8.63. The molecule has 0 radical (unpaired) electrons. The molecule has 0 aromatic heterocycles. The van der Waals surface area contributed by atoms with Gasteiger partial charge in [0.2, 0.25) is 0 Å². The number of nitrogens with zero attached hydrogens (tertiary/aromatic N) is 1. The lowest BCUT2D eigenvalue weighted by Crippen LogP contribution is -2.35. The van der Waals surface area contributed by atoms with Gasteiger partial charge < -0.3 is 9.47 Å². The Morgan fingerprint density at radius 1 is 0.808 bits per heavy atom. The van der Waals surface area contributed by atoms with Gasteiger partial charge in [0, 0.05) is 19.6 Å². The molecule has 1 aliphatic heterocycles. The quantitative estimate of drug-likeness (QED) is 0.390. The molecular weight excluding hydrogens is 322 g/mol. The Morgan fingerprint density at radius 2 is 1.38 bits per heavy atom. The van der Waals surface area contributed by atoms with Gasteiger partial charge >= 0.3 is 0 Å². The van der Waals surface area contributed by atoms with Crippen LogP contribution in [0.25, 0.3) is 0 Å². The maximum absolute atomic E-state index is 5.89. The average Bonchev–Trinajstić information content (AvgIpc) is 2.68. The first-order chi connectivity index (χ1) is 12.9. The highest BCUT2D eigenvalue weighted by Crippen LogP contribution is 2.15. The molecule has 1 aromatic carbocycles. The van der Waals surface area contributed by atoms with Gasteiger partial charge in [-0.25, -0.2) is 0 Å². The van der Waals surface area contributed by atoms with E-state index in [2.05, 4.69) is 36.1 Å². The number of unbranched alkanes of at least 4 members (excludes halogenated alkanes) is 9. The summed E-state index contributed by atoms with van der Waals surface area (Å²) >= 11 is 0. The molecule has 1 aliphatic rings. The van der Waals surface area contributed by atoms with E-state index in [1.807, 2.05) is 0 Å². The molecule has 0 aliphatic carbocycles. The third-order valence-electron chi connectivity index (χ3n) is 5.20. The van der Waals surface area contributed by atoms with Crippen molar-refractivity contribution >= 4 is 0 Å². The molecule has 1 fully saturated rings. The van der Waals surface area contributed by atoms with Gasteiger partial charge in [0.05, 0.1) is 19.8 Å². The summed E-state index contributed by atoms with van der Waals surface area (Å²) in [4.78, 5) is 2.45. The summed E-state index contributed by atoms with van der Waals surface area (Å²) in [6.07, 6.45) is 13.7. The van der Waals surface area contributed by atoms with Gasteiger partial charge in [0.15, 0.2) is 0 Å². The van der Waals surface area contributed by atoms with Crippen molar-refractivity contribution in [3.05, 3.63) is 29.8 Å². The van der Waals surface area contributed by atoms with Gasteiger partial charge in [-0.2, -0.15) is 0 Å². The number of hydrogen-bond donors (Lipinski definition) is 0. The van der Waals surface area contributed by atoms with Crippen molar-refractivity contribution < 1.29 is 9.47 Å². The normalized spacial score (nSPS) is 15.3. The molecule has 1 aromatic rings. The number of rotatable bonds is 14. The molecule has 1 saturated heterocycles. The first-order valence-corrected chi connectivity index (χ1v) is 10.9. The molecule has 0 N–H and O–H groups in total. The first kappa shape index (κ1) is 21.2. The second kappa shape index (κ2) is 14.1. The van der Waals surface area contributed by atoms with E-state index in [0.29, 0.717) is 0 Å². The van der Waals surface area contributed by atoms with Crippen molar-refractivity contribution in [3.63, 3.8) is 0 Å². The molecule has 2 rings (SSSR count). The lowest BCUT2D eigenvalue weighted by atomic mass is 10.1. The fraction of sp³-hybridized carbons (Fsp3) is 0.739. The summed E-state index contributed by atoms with van der Waals surface area (Å²) in [5, 5.41) is 0. The van der Waals surface area contributed by atoms with Crippen LogP contribution in [0.3, 0.4) is 0 Å². The highest BCUT2D eigenvalue weighted by molar-refractivity contribution is 5.27. The van der Waals surface area contributed by atoms with Crippen LogP contribution in [0.5, 0.6) is 5.75 Å². The summed E-state index contributed by atoms with van der Waals surface area (Å²) in [6.45, 7) is 7.94. The second-order valence-corrected chi connectivity index (χ2v) is 7.56. The Hall–Kier alpha value is -1.06. The van der Waals surface area contributed by atoms with Crippen LogP contribution in [0.15, 0.2) is 24.3 Å². The van der Waals surface area contributed by atoms with Gasteiger partial charge in [-0.1, -0.05) is 76.8 Å². The molecule has 0 spiro atoms.